The predicted molar refractivity (Wildman–Crippen MR) is 212 cm³/mol. The van der Waals surface area contributed by atoms with Crippen LogP contribution in [0, 0.1) is 11.8 Å². The highest BCUT2D eigenvalue weighted by Crippen LogP contribution is 2.57. The Balaban J connectivity index is 1.01. The van der Waals surface area contributed by atoms with Crippen molar-refractivity contribution in [3.05, 3.63) is 180 Å². The molecule has 2 heterocycles. The summed E-state index contributed by atoms with van der Waals surface area (Å²) in [5.41, 5.74) is 19.1. The molecular formula is C49H33NO. The summed E-state index contributed by atoms with van der Waals surface area (Å²) in [5.74, 6) is 0.727. The zero-order valence-corrected chi connectivity index (χ0v) is 28.4. The Morgan fingerprint density at radius 1 is 0.569 bits per heavy atom. The maximum absolute atomic E-state index is 6.38. The van der Waals surface area contributed by atoms with Crippen molar-refractivity contribution in [2.45, 2.75) is 19.3 Å². The third kappa shape index (κ3) is 3.47. The lowest BCUT2D eigenvalue weighted by atomic mass is 9.72. The number of furan rings is 1. The van der Waals surface area contributed by atoms with E-state index in [2.05, 4.69) is 164 Å². The number of hydrogen-bond acceptors (Lipinski definition) is 1. The zero-order valence-electron chi connectivity index (χ0n) is 28.4. The molecule has 0 saturated heterocycles. The molecule has 0 saturated carbocycles. The van der Waals surface area contributed by atoms with Crippen LogP contribution in [-0.4, -0.2) is 4.57 Å². The second kappa shape index (κ2) is 9.56. The van der Waals surface area contributed by atoms with E-state index < -0.39 is 0 Å². The maximum atomic E-state index is 6.38. The van der Waals surface area contributed by atoms with Crippen molar-refractivity contribution in [2.24, 2.45) is 11.8 Å². The average Bonchev–Trinajstić information content (AvgIpc) is 3.87. The molecule has 0 fully saturated rings. The molecule has 0 radical (unpaired) electrons. The van der Waals surface area contributed by atoms with E-state index in [-0.39, 0.29) is 5.41 Å². The number of fused-ring (bicyclic) bond motifs is 13. The first-order valence-corrected chi connectivity index (χ1v) is 18.1. The molecular weight excluding hydrogens is 619 g/mol. The third-order valence-electron chi connectivity index (χ3n) is 12.4. The minimum absolute atomic E-state index is 0.198. The Morgan fingerprint density at radius 3 is 2.14 bits per heavy atom. The van der Waals surface area contributed by atoms with E-state index in [0.717, 1.165) is 11.2 Å². The average molecular weight is 652 g/mol. The second-order valence-corrected chi connectivity index (χ2v) is 15.2. The number of nitrogens with zero attached hydrogens (tertiary/aromatic N) is 1. The number of benzene rings is 6. The fourth-order valence-electron chi connectivity index (χ4n) is 10.2. The molecule has 6 aromatic carbocycles. The molecule has 2 nitrogen and oxygen atoms in total. The van der Waals surface area contributed by atoms with E-state index in [1.54, 1.807) is 0 Å². The first-order chi connectivity index (χ1) is 25.1. The van der Waals surface area contributed by atoms with Crippen LogP contribution in [0.5, 0.6) is 0 Å². The molecule has 0 amide bonds. The van der Waals surface area contributed by atoms with Crippen LogP contribution in [0.3, 0.4) is 0 Å². The van der Waals surface area contributed by atoms with Crippen molar-refractivity contribution in [2.75, 3.05) is 0 Å². The molecule has 8 aromatic rings. The van der Waals surface area contributed by atoms with Crippen LogP contribution in [0.2, 0.25) is 0 Å². The van der Waals surface area contributed by atoms with Gasteiger partial charge in [-0.2, -0.15) is 0 Å². The van der Waals surface area contributed by atoms with Crippen molar-refractivity contribution in [1.29, 1.82) is 0 Å². The third-order valence-corrected chi connectivity index (χ3v) is 12.4. The molecule has 0 spiro atoms. The molecule has 0 aliphatic heterocycles. The maximum Gasteiger partial charge on any atom is 0.135 e. The van der Waals surface area contributed by atoms with Gasteiger partial charge in [0.2, 0.25) is 0 Å². The summed E-state index contributed by atoms with van der Waals surface area (Å²) in [6.07, 6.45) is 11.7. The van der Waals surface area contributed by atoms with Gasteiger partial charge in [0.1, 0.15) is 11.2 Å². The summed E-state index contributed by atoms with van der Waals surface area (Å²) >= 11 is 0. The molecule has 4 aliphatic carbocycles. The van der Waals surface area contributed by atoms with E-state index in [1.807, 2.05) is 6.07 Å². The number of aromatic nitrogens is 1. The Morgan fingerprint density at radius 2 is 1.29 bits per heavy atom. The smallest absolute Gasteiger partial charge is 0.135 e. The molecule has 2 aromatic heterocycles. The van der Waals surface area contributed by atoms with Crippen molar-refractivity contribution in [3.8, 4) is 16.8 Å². The van der Waals surface area contributed by atoms with E-state index >= 15 is 0 Å². The van der Waals surface area contributed by atoms with Gasteiger partial charge in [0.05, 0.1) is 11.0 Å². The van der Waals surface area contributed by atoms with Gasteiger partial charge in [-0.25, -0.2) is 0 Å². The highest BCUT2D eigenvalue weighted by Gasteiger charge is 2.41. The van der Waals surface area contributed by atoms with E-state index in [1.165, 1.54) is 93.9 Å². The van der Waals surface area contributed by atoms with Gasteiger partial charge in [-0.15, -0.1) is 0 Å². The SMILES string of the molecule is CC1(C)c2cc3oc4ccccc4c3cc2-c2ccc3c(c21)c1ccccc1n3-c1ccc(C2=CC=C3c4ccccc4C4=CC=CC2C43)cc1. The highest BCUT2D eigenvalue weighted by molar-refractivity contribution is 6.16. The summed E-state index contributed by atoms with van der Waals surface area (Å²) in [6, 6.07) is 44.9. The van der Waals surface area contributed by atoms with Crippen LogP contribution >= 0.6 is 0 Å². The van der Waals surface area contributed by atoms with Crippen LogP contribution in [-0.2, 0) is 5.41 Å². The van der Waals surface area contributed by atoms with Gasteiger partial charge >= 0.3 is 0 Å². The molecule has 240 valence electrons. The fourth-order valence-corrected chi connectivity index (χ4v) is 10.2. The summed E-state index contributed by atoms with van der Waals surface area (Å²) in [4.78, 5) is 0. The Labute approximate surface area is 296 Å². The molecule has 4 aliphatic rings. The lowest BCUT2D eigenvalue weighted by Gasteiger charge is -2.31. The standard InChI is InChI=1S/C49H33NO/c1-49(2)41-27-45-40(33-12-6-8-17-44(33)51-45)26-39(41)37-24-25-43-47(48(37)49)38-13-5-7-16-42(38)50(43)29-20-18-28(19-21-29)30-22-23-36-32-11-4-3-10-31(32)35-15-9-14-34(30)46(35)36/h3-27,34,46H,1-2H3. The summed E-state index contributed by atoms with van der Waals surface area (Å²) < 4.78 is 8.85. The lowest BCUT2D eigenvalue weighted by Crippen LogP contribution is -2.18. The molecule has 2 heteroatoms. The van der Waals surface area contributed by atoms with Crippen LogP contribution < -0.4 is 0 Å². The van der Waals surface area contributed by atoms with Gasteiger partial charge in [-0.3, -0.25) is 0 Å². The molecule has 2 unspecified atom stereocenters. The predicted octanol–water partition coefficient (Wildman–Crippen LogP) is 12.7. The second-order valence-electron chi connectivity index (χ2n) is 15.2. The van der Waals surface area contributed by atoms with Crippen molar-refractivity contribution < 1.29 is 4.42 Å². The van der Waals surface area contributed by atoms with Gasteiger partial charge in [0.15, 0.2) is 0 Å². The van der Waals surface area contributed by atoms with Gasteiger partial charge < -0.3 is 8.98 Å². The van der Waals surface area contributed by atoms with Gasteiger partial charge in [-0.1, -0.05) is 123 Å². The van der Waals surface area contributed by atoms with Gasteiger partial charge in [0.25, 0.3) is 0 Å². The molecule has 12 rings (SSSR count). The van der Waals surface area contributed by atoms with E-state index in [9.17, 15) is 0 Å². The van der Waals surface area contributed by atoms with Crippen molar-refractivity contribution >= 4 is 60.5 Å². The van der Waals surface area contributed by atoms with Gasteiger partial charge in [-0.05, 0) is 98.1 Å². The van der Waals surface area contributed by atoms with Crippen LogP contribution in [0.15, 0.2) is 156 Å². The number of hydrogen-bond donors (Lipinski definition) is 0. The molecule has 0 bridgehead atoms. The van der Waals surface area contributed by atoms with Crippen LogP contribution in [0.25, 0.3) is 77.3 Å². The number of para-hydroxylation sites is 2. The van der Waals surface area contributed by atoms with E-state index in [4.69, 9.17) is 4.42 Å². The minimum atomic E-state index is -0.198. The van der Waals surface area contributed by atoms with Crippen LogP contribution in [0.4, 0.5) is 0 Å². The quantitative estimate of drug-likeness (QED) is 0.182. The monoisotopic (exact) mass is 651 g/mol. The van der Waals surface area contributed by atoms with E-state index in [0.29, 0.717) is 11.8 Å². The van der Waals surface area contributed by atoms with Gasteiger partial charge in [0, 0.05) is 44.5 Å². The molecule has 2 atom stereocenters. The summed E-state index contributed by atoms with van der Waals surface area (Å²) in [6.45, 7) is 4.76. The first kappa shape index (κ1) is 27.7. The molecule has 51 heavy (non-hydrogen) atoms. The Bertz CT molecular complexity index is 2990. The summed E-state index contributed by atoms with van der Waals surface area (Å²) in [7, 11) is 0. The summed E-state index contributed by atoms with van der Waals surface area (Å²) in [5, 5.41) is 5.00. The topological polar surface area (TPSA) is 18.1 Å². The highest BCUT2D eigenvalue weighted by atomic mass is 16.3. The van der Waals surface area contributed by atoms with Crippen molar-refractivity contribution in [3.63, 3.8) is 0 Å². The zero-order chi connectivity index (χ0) is 33.6. The first-order valence-electron chi connectivity index (χ1n) is 18.1. The number of allylic oxidation sites excluding steroid dienone is 8. The van der Waals surface area contributed by atoms with Crippen LogP contribution in [0.1, 0.15) is 41.7 Å². The largest absolute Gasteiger partial charge is 0.456 e. The normalized spacial score (nSPS) is 19.2. The number of rotatable bonds is 2. The lowest BCUT2D eigenvalue weighted by molar-refractivity contribution is 0.650. The minimum Gasteiger partial charge on any atom is -0.456 e. The Hall–Kier alpha value is -6.12. The molecule has 0 N–H and O–H groups in total. The fraction of sp³-hybridized carbons (Fsp3) is 0.102. The Kier molecular flexibility index (Phi) is 5.19. The van der Waals surface area contributed by atoms with Crippen molar-refractivity contribution in [1.82, 2.24) is 4.57 Å².